The standard InChI is InChI=1S/C27H34N4O4/c1-35-26-22(17-21-9-5-10-23(21)30-26)27(34)31-16-6-14-28-24(32)12-11-20(13-15-29-25(33)18-31)19-7-3-2-4-8-19/h2-4,7-8,17,20H,5-6,9-16,18H2,1H3,(H,28,32)(H,29,33). The molecule has 1 fully saturated rings. The monoisotopic (exact) mass is 478 g/mol. The number of aromatic nitrogens is 1. The Morgan fingerprint density at radius 3 is 2.60 bits per heavy atom. The van der Waals surface area contributed by atoms with Crippen LogP contribution in [-0.4, -0.2) is 60.9 Å². The molecule has 1 aromatic carbocycles. The predicted octanol–water partition coefficient (Wildman–Crippen LogP) is 2.61. The minimum atomic E-state index is -0.278. The minimum absolute atomic E-state index is 0.00870. The summed E-state index contributed by atoms with van der Waals surface area (Å²) in [5, 5.41) is 5.93. The molecular formula is C27H34N4O4. The summed E-state index contributed by atoms with van der Waals surface area (Å²) in [5.41, 5.74) is 3.60. The number of benzene rings is 1. The number of pyridine rings is 1. The number of nitrogens with one attached hydrogen (secondary N) is 2. The van der Waals surface area contributed by atoms with E-state index in [0.717, 1.165) is 48.9 Å². The Morgan fingerprint density at radius 2 is 1.80 bits per heavy atom. The second-order valence-electron chi connectivity index (χ2n) is 9.22. The van der Waals surface area contributed by atoms with Gasteiger partial charge in [0.15, 0.2) is 0 Å². The van der Waals surface area contributed by atoms with Gasteiger partial charge in [0.2, 0.25) is 17.7 Å². The van der Waals surface area contributed by atoms with Gasteiger partial charge < -0.3 is 20.3 Å². The van der Waals surface area contributed by atoms with Gasteiger partial charge in [-0.05, 0) is 61.6 Å². The highest BCUT2D eigenvalue weighted by Crippen LogP contribution is 2.28. The van der Waals surface area contributed by atoms with Crippen LogP contribution in [-0.2, 0) is 22.4 Å². The van der Waals surface area contributed by atoms with E-state index in [0.29, 0.717) is 43.9 Å². The summed E-state index contributed by atoms with van der Waals surface area (Å²) in [6.07, 6.45) is 5.21. The first-order valence-electron chi connectivity index (χ1n) is 12.5. The molecule has 2 aliphatic rings. The molecule has 8 nitrogen and oxygen atoms in total. The smallest absolute Gasteiger partial charge is 0.259 e. The number of fused-ring (bicyclic) bond motifs is 1. The number of hydrogen-bond acceptors (Lipinski definition) is 5. The van der Waals surface area contributed by atoms with E-state index in [1.807, 2.05) is 24.3 Å². The Morgan fingerprint density at radius 1 is 1.00 bits per heavy atom. The number of carbonyl (C=O) groups is 3. The van der Waals surface area contributed by atoms with Gasteiger partial charge in [0.1, 0.15) is 5.56 Å². The van der Waals surface area contributed by atoms with Crippen LogP contribution >= 0.6 is 0 Å². The lowest BCUT2D eigenvalue weighted by molar-refractivity contribution is -0.123. The molecule has 35 heavy (non-hydrogen) atoms. The number of amides is 3. The molecule has 0 spiro atoms. The molecule has 4 rings (SSSR count). The number of aryl methyl sites for hydroxylation is 2. The molecule has 2 N–H and O–H groups in total. The van der Waals surface area contributed by atoms with E-state index in [9.17, 15) is 14.4 Å². The Kier molecular flexibility index (Phi) is 8.34. The molecule has 0 bridgehead atoms. The van der Waals surface area contributed by atoms with Gasteiger partial charge in [-0.3, -0.25) is 14.4 Å². The van der Waals surface area contributed by atoms with Crippen LogP contribution in [0.5, 0.6) is 5.88 Å². The van der Waals surface area contributed by atoms with Crippen molar-refractivity contribution in [1.29, 1.82) is 0 Å². The Hall–Kier alpha value is -3.42. The zero-order chi connectivity index (χ0) is 24.6. The van der Waals surface area contributed by atoms with Crippen LogP contribution in [0.25, 0.3) is 0 Å². The molecule has 3 amide bonds. The Labute approximate surface area is 206 Å². The van der Waals surface area contributed by atoms with Crippen molar-refractivity contribution in [1.82, 2.24) is 20.5 Å². The van der Waals surface area contributed by atoms with Crippen molar-refractivity contribution in [2.24, 2.45) is 0 Å². The molecule has 1 saturated heterocycles. The fourth-order valence-corrected chi connectivity index (χ4v) is 4.89. The van der Waals surface area contributed by atoms with E-state index < -0.39 is 0 Å². The number of carbonyl (C=O) groups excluding carboxylic acids is 3. The highest BCUT2D eigenvalue weighted by molar-refractivity contribution is 5.98. The average molecular weight is 479 g/mol. The van der Waals surface area contributed by atoms with Crippen LogP contribution in [0.3, 0.4) is 0 Å². The zero-order valence-corrected chi connectivity index (χ0v) is 20.3. The first kappa shape index (κ1) is 24.7. The third kappa shape index (κ3) is 6.38. The van der Waals surface area contributed by atoms with Crippen LogP contribution in [0.1, 0.15) is 65.2 Å². The molecule has 2 aromatic rings. The van der Waals surface area contributed by atoms with E-state index >= 15 is 0 Å². The number of methoxy groups -OCH3 is 1. The van der Waals surface area contributed by atoms with Gasteiger partial charge in [-0.1, -0.05) is 30.3 Å². The lowest BCUT2D eigenvalue weighted by Crippen LogP contribution is -2.42. The van der Waals surface area contributed by atoms with Crippen molar-refractivity contribution in [2.75, 3.05) is 33.3 Å². The van der Waals surface area contributed by atoms with Crippen molar-refractivity contribution < 1.29 is 19.1 Å². The molecular weight excluding hydrogens is 444 g/mol. The lowest BCUT2D eigenvalue weighted by Gasteiger charge is -2.24. The fraction of sp³-hybridized carbons (Fsp3) is 0.481. The lowest BCUT2D eigenvalue weighted by atomic mass is 9.91. The molecule has 2 heterocycles. The fourth-order valence-electron chi connectivity index (χ4n) is 4.89. The highest BCUT2D eigenvalue weighted by atomic mass is 16.5. The molecule has 1 aromatic heterocycles. The van der Waals surface area contributed by atoms with Crippen molar-refractivity contribution >= 4 is 17.7 Å². The minimum Gasteiger partial charge on any atom is -0.480 e. The molecule has 186 valence electrons. The SMILES string of the molecule is COc1nc2c(cc1C(=O)N1CCCNC(=O)CCC(c3ccccc3)CCNC(=O)C1)CCC2. The maximum absolute atomic E-state index is 13.5. The molecule has 1 atom stereocenters. The molecule has 0 saturated carbocycles. The molecule has 1 unspecified atom stereocenters. The van der Waals surface area contributed by atoms with E-state index in [1.54, 1.807) is 0 Å². The molecule has 0 radical (unpaired) electrons. The second-order valence-corrected chi connectivity index (χ2v) is 9.22. The third-order valence-electron chi connectivity index (χ3n) is 6.79. The largest absolute Gasteiger partial charge is 0.480 e. The topological polar surface area (TPSA) is 101 Å². The first-order valence-corrected chi connectivity index (χ1v) is 12.5. The van der Waals surface area contributed by atoms with Gasteiger partial charge in [0.05, 0.1) is 13.7 Å². The van der Waals surface area contributed by atoms with E-state index in [-0.39, 0.29) is 30.2 Å². The number of ether oxygens (including phenoxy) is 1. The van der Waals surface area contributed by atoms with Crippen LogP contribution in [0.2, 0.25) is 0 Å². The van der Waals surface area contributed by atoms with Crippen molar-refractivity contribution in [2.45, 2.75) is 50.9 Å². The van der Waals surface area contributed by atoms with Crippen LogP contribution < -0.4 is 15.4 Å². The van der Waals surface area contributed by atoms with Gasteiger partial charge in [-0.15, -0.1) is 0 Å². The van der Waals surface area contributed by atoms with Crippen molar-refractivity contribution in [3.8, 4) is 5.88 Å². The Bertz CT molecular complexity index is 1060. The van der Waals surface area contributed by atoms with E-state index in [2.05, 4.69) is 27.8 Å². The van der Waals surface area contributed by atoms with Crippen LogP contribution in [0, 0.1) is 0 Å². The zero-order valence-electron chi connectivity index (χ0n) is 20.3. The third-order valence-corrected chi connectivity index (χ3v) is 6.79. The van der Waals surface area contributed by atoms with Gasteiger partial charge in [-0.25, -0.2) is 4.98 Å². The van der Waals surface area contributed by atoms with E-state index in [4.69, 9.17) is 4.74 Å². The van der Waals surface area contributed by atoms with E-state index in [1.165, 1.54) is 12.0 Å². The normalized spacial score (nSPS) is 19.8. The quantitative estimate of drug-likeness (QED) is 0.706. The number of rotatable bonds is 3. The highest BCUT2D eigenvalue weighted by Gasteiger charge is 2.26. The van der Waals surface area contributed by atoms with Gasteiger partial charge in [0.25, 0.3) is 5.91 Å². The van der Waals surface area contributed by atoms with Crippen molar-refractivity contribution in [3.63, 3.8) is 0 Å². The van der Waals surface area contributed by atoms with Crippen molar-refractivity contribution in [3.05, 3.63) is 58.8 Å². The Balaban J connectivity index is 1.49. The van der Waals surface area contributed by atoms with Gasteiger partial charge in [-0.2, -0.15) is 0 Å². The van der Waals surface area contributed by atoms with Crippen LogP contribution in [0.15, 0.2) is 36.4 Å². The summed E-state index contributed by atoms with van der Waals surface area (Å²) in [5.74, 6) is 0.00709. The summed E-state index contributed by atoms with van der Waals surface area (Å²) in [4.78, 5) is 44.8. The predicted molar refractivity (Wildman–Crippen MR) is 132 cm³/mol. The maximum Gasteiger partial charge on any atom is 0.259 e. The van der Waals surface area contributed by atoms with Crippen LogP contribution in [0.4, 0.5) is 0 Å². The summed E-state index contributed by atoms with van der Waals surface area (Å²) >= 11 is 0. The molecule has 8 heteroatoms. The second kappa shape index (κ2) is 11.8. The average Bonchev–Trinajstić information content (AvgIpc) is 3.34. The maximum atomic E-state index is 13.5. The summed E-state index contributed by atoms with van der Waals surface area (Å²) in [6.45, 7) is 1.22. The summed E-state index contributed by atoms with van der Waals surface area (Å²) < 4.78 is 5.43. The summed E-state index contributed by atoms with van der Waals surface area (Å²) in [6, 6.07) is 11.9. The molecule has 1 aliphatic heterocycles. The van der Waals surface area contributed by atoms with Gasteiger partial charge in [0, 0.05) is 31.7 Å². The summed E-state index contributed by atoms with van der Waals surface area (Å²) in [7, 11) is 1.51. The number of hydrogen-bond donors (Lipinski definition) is 2. The first-order chi connectivity index (χ1) is 17.0. The van der Waals surface area contributed by atoms with Gasteiger partial charge >= 0.3 is 0 Å². The number of nitrogens with zero attached hydrogens (tertiary/aromatic N) is 2. The molecule has 1 aliphatic carbocycles.